The van der Waals surface area contributed by atoms with Crippen LogP contribution in [0, 0.1) is 36.0 Å². The van der Waals surface area contributed by atoms with Crippen molar-refractivity contribution in [1.82, 2.24) is 0 Å². The van der Waals surface area contributed by atoms with Crippen LogP contribution in [0.25, 0.3) is 0 Å². The van der Waals surface area contributed by atoms with Crippen LogP contribution in [0.3, 0.4) is 0 Å². The first-order chi connectivity index (χ1) is 3.41. The van der Waals surface area contributed by atoms with Gasteiger partial charge in [-0.25, -0.2) is 0 Å². The topological polar surface area (TPSA) is 31.5 Å². The van der Waals surface area contributed by atoms with Crippen LogP contribution in [0.1, 0.15) is 6.92 Å². The van der Waals surface area contributed by atoms with Gasteiger partial charge in [-0.05, 0) is 30.6 Å². The first-order valence-electron chi connectivity index (χ1n) is 1.79. The van der Waals surface area contributed by atoms with Crippen molar-refractivity contribution in [3.63, 3.8) is 0 Å². The fourth-order valence-electron chi connectivity index (χ4n) is 0.130. The van der Waals surface area contributed by atoms with Crippen molar-refractivity contribution in [2.75, 3.05) is 0 Å². The molecule has 0 aliphatic heterocycles. The SMILES string of the molecule is C#CC#CC#CC.O. The highest BCUT2D eigenvalue weighted by atomic mass is 16.0. The Hall–Kier alpha value is -1.36. The lowest BCUT2D eigenvalue weighted by Crippen LogP contribution is -1.46. The van der Waals surface area contributed by atoms with Crippen molar-refractivity contribution < 1.29 is 5.48 Å². The van der Waals surface area contributed by atoms with Crippen LogP contribution >= 0.6 is 0 Å². The molecule has 1 nitrogen and oxygen atoms in total. The van der Waals surface area contributed by atoms with E-state index in [9.17, 15) is 0 Å². The summed E-state index contributed by atoms with van der Waals surface area (Å²) in [5, 5.41) is 0. The Morgan fingerprint density at radius 1 is 1.12 bits per heavy atom. The summed E-state index contributed by atoms with van der Waals surface area (Å²) in [5.41, 5.74) is 0. The van der Waals surface area contributed by atoms with Gasteiger partial charge in [-0.3, -0.25) is 0 Å². The molecule has 0 aromatic carbocycles. The average Bonchev–Trinajstić information content (AvgIpc) is 1.69. The van der Waals surface area contributed by atoms with E-state index in [4.69, 9.17) is 6.42 Å². The predicted octanol–water partition coefficient (Wildman–Crippen LogP) is -0.178. The monoisotopic (exact) mass is 106 g/mol. The molecule has 0 saturated heterocycles. The Morgan fingerprint density at radius 2 is 1.75 bits per heavy atom. The molecule has 8 heavy (non-hydrogen) atoms. The Labute approximate surface area is 49.4 Å². The number of terminal acetylenes is 1. The van der Waals surface area contributed by atoms with E-state index in [1.165, 1.54) is 0 Å². The van der Waals surface area contributed by atoms with E-state index in [0.29, 0.717) is 0 Å². The maximum absolute atomic E-state index is 4.78. The molecule has 0 radical (unpaired) electrons. The summed E-state index contributed by atoms with van der Waals surface area (Å²) < 4.78 is 0. The minimum Gasteiger partial charge on any atom is -0.412 e. The van der Waals surface area contributed by atoms with Crippen LogP contribution in [0.2, 0.25) is 0 Å². The highest BCUT2D eigenvalue weighted by Gasteiger charge is 1.45. The van der Waals surface area contributed by atoms with Crippen LogP contribution in [-0.4, -0.2) is 5.48 Å². The molecule has 0 spiro atoms. The van der Waals surface area contributed by atoms with Gasteiger partial charge in [-0.2, -0.15) is 0 Å². The maximum atomic E-state index is 4.78. The molecular weight excluding hydrogens is 100 g/mol. The molecule has 0 aromatic rings. The van der Waals surface area contributed by atoms with Gasteiger partial charge in [0.05, 0.1) is 0 Å². The van der Waals surface area contributed by atoms with Crippen LogP contribution in [-0.2, 0) is 0 Å². The molecule has 0 aromatic heterocycles. The third-order valence-electron chi connectivity index (χ3n) is 0.322. The van der Waals surface area contributed by atoms with Crippen molar-refractivity contribution in [2.45, 2.75) is 6.92 Å². The van der Waals surface area contributed by atoms with Crippen molar-refractivity contribution in [3.8, 4) is 36.0 Å². The lowest BCUT2D eigenvalue weighted by molar-refractivity contribution is 0.824. The molecule has 0 rings (SSSR count). The summed E-state index contributed by atoms with van der Waals surface area (Å²) in [5.74, 6) is 12.0. The van der Waals surface area contributed by atoms with Crippen molar-refractivity contribution >= 4 is 0 Å². The van der Waals surface area contributed by atoms with Gasteiger partial charge in [0.1, 0.15) is 0 Å². The molecule has 2 N–H and O–H groups in total. The Balaban J connectivity index is 0. The van der Waals surface area contributed by atoms with Crippen LogP contribution < -0.4 is 0 Å². The lowest BCUT2D eigenvalue weighted by atomic mass is 10.5. The van der Waals surface area contributed by atoms with E-state index in [2.05, 4.69) is 29.6 Å². The zero-order valence-electron chi connectivity index (χ0n) is 4.58. The lowest BCUT2D eigenvalue weighted by Gasteiger charge is -1.49. The zero-order valence-corrected chi connectivity index (χ0v) is 4.58. The standard InChI is InChI=1S/C7H4.H2O/c1-3-5-7-6-4-2;/h1H,2H3;1H2. The third-order valence-corrected chi connectivity index (χ3v) is 0.322. The van der Waals surface area contributed by atoms with E-state index >= 15 is 0 Å². The highest BCUT2D eigenvalue weighted by Crippen LogP contribution is 1.48. The van der Waals surface area contributed by atoms with Gasteiger partial charge in [0.2, 0.25) is 0 Å². The molecular formula is C7H6O. The predicted molar refractivity (Wildman–Crippen MR) is 33.7 cm³/mol. The van der Waals surface area contributed by atoms with Gasteiger partial charge in [0.15, 0.2) is 0 Å². The van der Waals surface area contributed by atoms with E-state index < -0.39 is 0 Å². The van der Waals surface area contributed by atoms with Gasteiger partial charge in [0, 0.05) is 0 Å². The molecule has 0 fully saturated rings. The fourth-order valence-corrected chi connectivity index (χ4v) is 0.130. The Kier molecular flexibility index (Phi) is 11.2. The molecule has 0 saturated carbocycles. The fraction of sp³-hybridized carbons (Fsp3) is 0.143. The van der Waals surface area contributed by atoms with Crippen molar-refractivity contribution in [3.05, 3.63) is 0 Å². The first kappa shape index (κ1) is 9.81. The second-order valence-corrected chi connectivity index (χ2v) is 0.769. The molecule has 40 valence electrons. The second kappa shape index (κ2) is 9.16. The highest BCUT2D eigenvalue weighted by molar-refractivity contribution is 5.33. The van der Waals surface area contributed by atoms with Crippen molar-refractivity contribution in [2.24, 2.45) is 0 Å². The molecule has 0 amide bonds. The minimum absolute atomic E-state index is 0. The van der Waals surface area contributed by atoms with Crippen molar-refractivity contribution in [1.29, 1.82) is 0 Å². The minimum atomic E-state index is 0. The number of hydrogen-bond donors (Lipinski definition) is 0. The van der Waals surface area contributed by atoms with E-state index in [1.54, 1.807) is 6.92 Å². The Bertz CT molecular complexity index is 186. The molecule has 0 heterocycles. The normalized spacial score (nSPS) is 3.00. The van der Waals surface area contributed by atoms with Crippen LogP contribution in [0.4, 0.5) is 0 Å². The molecule has 0 unspecified atom stereocenters. The van der Waals surface area contributed by atoms with Gasteiger partial charge in [0.25, 0.3) is 0 Å². The van der Waals surface area contributed by atoms with Gasteiger partial charge in [-0.1, -0.05) is 5.92 Å². The summed E-state index contributed by atoms with van der Waals surface area (Å²) >= 11 is 0. The quantitative estimate of drug-likeness (QED) is 0.384. The summed E-state index contributed by atoms with van der Waals surface area (Å²) in [6, 6.07) is 0. The van der Waals surface area contributed by atoms with E-state index in [0.717, 1.165) is 0 Å². The average molecular weight is 106 g/mol. The molecule has 0 atom stereocenters. The third kappa shape index (κ3) is 8.82. The summed E-state index contributed by atoms with van der Waals surface area (Å²) in [6.45, 7) is 1.71. The summed E-state index contributed by atoms with van der Waals surface area (Å²) in [6.07, 6.45) is 4.78. The zero-order chi connectivity index (χ0) is 5.54. The summed E-state index contributed by atoms with van der Waals surface area (Å²) in [7, 11) is 0. The molecule has 1 heteroatoms. The molecule has 0 aliphatic rings. The number of hydrogen-bond acceptors (Lipinski definition) is 0. The molecule has 0 aliphatic carbocycles. The summed E-state index contributed by atoms with van der Waals surface area (Å²) in [4.78, 5) is 0. The van der Waals surface area contributed by atoms with E-state index in [1.807, 2.05) is 0 Å². The smallest absolute Gasteiger partial charge is 0.00108 e. The van der Waals surface area contributed by atoms with Gasteiger partial charge >= 0.3 is 0 Å². The maximum Gasteiger partial charge on any atom is -0.00108 e. The molecule has 0 bridgehead atoms. The van der Waals surface area contributed by atoms with E-state index in [-0.39, 0.29) is 5.48 Å². The van der Waals surface area contributed by atoms with Gasteiger partial charge in [-0.15, -0.1) is 6.42 Å². The van der Waals surface area contributed by atoms with Crippen LogP contribution in [0.5, 0.6) is 0 Å². The first-order valence-corrected chi connectivity index (χ1v) is 1.79. The largest absolute Gasteiger partial charge is 0.412 e. The second-order valence-electron chi connectivity index (χ2n) is 0.769. The number of rotatable bonds is 0. The Morgan fingerprint density at radius 3 is 2.12 bits per heavy atom. The van der Waals surface area contributed by atoms with Gasteiger partial charge < -0.3 is 5.48 Å². The van der Waals surface area contributed by atoms with Crippen LogP contribution in [0.15, 0.2) is 0 Å².